The van der Waals surface area contributed by atoms with Crippen LogP contribution in [0, 0.1) is 0 Å². The molecule has 109 heavy (non-hydrogen) atoms. The van der Waals surface area contributed by atoms with Crippen molar-refractivity contribution < 1.29 is 0 Å². The Morgan fingerprint density at radius 2 is 0.633 bits per heavy atom. The van der Waals surface area contributed by atoms with Crippen molar-refractivity contribution in [3.63, 3.8) is 0 Å². The van der Waals surface area contributed by atoms with Gasteiger partial charge in [-0.2, -0.15) is 0 Å². The van der Waals surface area contributed by atoms with Crippen LogP contribution in [0.2, 0.25) is 0 Å². The maximum Gasteiger partial charge on any atom is 0.252 e. The smallest absolute Gasteiger partial charge is 0.252 e. The molecule has 2 aliphatic rings. The molecule has 21 rings (SSSR count). The Morgan fingerprint density at radius 1 is 0.239 bits per heavy atom. The van der Waals surface area contributed by atoms with Crippen molar-refractivity contribution in [2.24, 2.45) is 0 Å². The van der Waals surface area contributed by atoms with E-state index in [9.17, 15) is 0 Å². The molecular weight excluding hydrogens is 1360 g/mol. The van der Waals surface area contributed by atoms with Gasteiger partial charge in [0.25, 0.3) is 6.71 Å². The second kappa shape index (κ2) is 24.3. The molecule has 0 unspecified atom stereocenters. The lowest BCUT2D eigenvalue weighted by atomic mass is 9.33. The molecule has 0 spiro atoms. The molecule has 0 saturated carbocycles. The molecule has 4 aromatic heterocycles. The third kappa shape index (κ3) is 10.2. The van der Waals surface area contributed by atoms with Crippen LogP contribution in [-0.2, 0) is 16.2 Å². The van der Waals surface area contributed by atoms with Crippen molar-refractivity contribution in [2.75, 3.05) is 9.80 Å². The maximum atomic E-state index is 2.77. The van der Waals surface area contributed by atoms with Crippen LogP contribution in [-0.4, -0.2) is 15.8 Å². The summed E-state index contributed by atoms with van der Waals surface area (Å²) in [5.74, 6) is 0. The standard InChI is InChI=1S/C102H79BN4S2/c1-100(2,3)68-53-67(54-69(59-68)101(4,5)6)64-45-49-81-90(58-64)107(99-72(66-48-52-96-80(56-66)78-34-18-24-44-94(78)109-96)36-26-42-89(99)105-85-39-21-15-31-75(85)76-32-16-22-40-86(76)105)92-61-70(102(7,8)9)60-91-97(92)103(81)82-57-63(62-27-11-10-12-28-62)46-50-87(82)106(91)98-71(65-47-51-95-79(55-65)77-33-17-23-43-93(77)108-95)35-25-41-88(98)104-83-37-19-13-29-73(83)74-30-14-20-38-84(74)104/h10-61H,1-9H3. The van der Waals surface area contributed by atoms with Gasteiger partial charge in [0.2, 0.25) is 0 Å². The van der Waals surface area contributed by atoms with Crippen LogP contribution in [0.3, 0.4) is 0 Å². The highest BCUT2D eigenvalue weighted by molar-refractivity contribution is 7.26. The highest BCUT2D eigenvalue weighted by Crippen LogP contribution is 2.55. The zero-order chi connectivity index (χ0) is 73.5. The summed E-state index contributed by atoms with van der Waals surface area (Å²) in [7, 11) is 0. The number of rotatable bonds is 8. The van der Waals surface area contributed by atoms with Gasteiger partial charge in [-0.1, -0.05) is 281 Å². The molecule has 0 amide bonds. The molecule has 7 heteroatoms. The van der Waals surface area contributed by atoms with E-state index in [0.717, 1.165) is 89.8 Å². The van der Waals surface area contributed by atoms with Crippen LogP contribution in [0.4, 0.5) is 34.1 Å². The molecule has 0 saturated heterocycles. The van der Waals surface area contributed by atoms with Gasteiger partial charge in [-0.15, -0.1) is 22.7 Å². The predicted octanol–water partition coefficient (Wildman–Crippen LogP) is 27.3. The Morgan fingerprint density at radius 3 is 1.11 bits per heavy atom. The Bertz CT molecular complexity index is 6880. The summed E-state index contributed by atoms with van der Waals surface area (Å²) in [6.07, 6.45) is 0. The fraction of sp³-hybridized carbons (Fsp3) is 0.118. The van der Waals surface area contributed by atoms with E-state index in [0.29, 0.717) is 0 Å². The van der Waals surface area contributed by atoms with Gasteiger partial charge < -0.3 is 18.9 Å². The van der Waals surface area contributed by atoms with Crippen molar-refractivity contribution >= 4 is 164 Å². The quantitative estimate of drug-likeness (QED) is 0.141. The van der Waals surface area contributed by atoms with Crippen LogP contribution in [0.25, 0.3) is 140 Å². The Labute approximate surface area is 644 Å². The highest BCUT2D eigenvalue weighted by atomic mass is 32.1. The van der Waals surface area contributed by atoms with Gasteiger partial charge in [0, 0.05) is 95.8 Å². The van der Waals surface area contributed by atoms with E-state index in [4.69, 9.17) is 0 Å². The number of fused-ring (bicyclic) bond motifs is 16. The average molecular weight is 1440 g/mol. The summed E-state index contributed by atoms with van der Waals surface area (Å²) in [6.45, 7) is 21.1. The molecule has 0 radical (unpaired) electrons. The topological polar surface area (TPSA) is 16.3 Å². The number of aromatic nitrogens is 2. The largest absolute Gasteiger partial charge is 0.309 e. The van der Waals surface area contributed by atoms with Gasteiger partial charge in [0.1, 0.15) is 0 Å². The number of anilines is 6. The van der Waals surface area contributed by atoms with E-state index < -0.39 is 0 Å². The van der Waals surface area contributed by atoms with E-state index in [2.05, 4.69) is 397 Å². The maximum absolute atomic E-state index is 2.77. The summed E-state index contributed by atoms with van der Waals surface area (Å²) in [5.41, 5.74) is 30.0. The first kappa shape index (κ1) is 65.3. The zero-order valence-corrected chi connectivity index (χ0v) is 64.3. The Kier molecular flexibility index (Phi) is 14.5. The van der Waals surface area contributed by atoms with Gasteiger partial charge in [-0.05, 0) is 180 Å². The minimum atomic E-state index is -0.352. The number of thiophene rings is 2. The molecule has 15 aromatic carbocycles. The van der Waals surface area contributed by atoms with E-state index >= 15 is 0 Å². The van der Waals surface area contributed by atoms with Crippen LogP contribution in [0.5, 0.6) is 0 Å². The molecule has 0 fully saturated rings. The van der Waals surface area contributed by atoms with Gasteiger partial charge in [0.05, 0.1) is 44.8 Å². The van der Waals surface area contributed by atoms with Crippen molar-refractivity contribution in [3.05, 3.63) is 332 Å². The van der Waals surface area contributed by atoms with E-state index in [1.165, 1.54) is 117 Å². The first-order valence-electron chi connectivity index (χ1n) is 38.3. The molecule has 6 heterocycles. The van der Waals surface area contributed by atoms with Crippen LogP contribution < -0.4 is 26.2 Å². The fourth-order valence-electron chi connectivity index (χ4n) is 18.1. The second-order valence-corrected chi connectivity index (χ2v) is 35.4. The van der Waals surface area contributed by atoms with Gasteiger partial charge in [0.15, 0.2) is 0 Å². The fourth-order valence-corrected chi connectivity index (χ4v) is 20.2. The summed E-state index contributed by atoms with van der Waals surface area (Å²) >= 11 is 3.75. The number of hydrogen-bond donors (Lipinski definition) is 0. The minimum Gasteiger partial charge on any atom is -0.309 e. The lowest BCUT2D eigenvalue weighted by Gasteiger charge is -2.46. The minimum absolute atomic E-state index is 0.112. The first-order chi connectivity index (χ1) is 53.0. The third-order valence-electron chi connectivity index (χ3n) is 23.5. The Hall–Kier alpha value is -12.0. The van der Waals surface area contributed by atoms with Crippen molar-refractivity contribution in [3.8, 4) is 55.9 Å². The molecule has 0 aliphatic carbocycles. The van der Waals surface area contributed by atoms with Crippen LogP contribution in [0.15, 0.2) is 315 Å². The molecule has 0 atom stereocenters. The lowest BCUT2D eigenvalue weighted by molar-refractivity contribution is 0.569. The van der Waals surface area contributed by atoms with Crippen LogP contribution >= 0.6 is 22.7 Å². The monoisotopic (exact) mass is 1430 g/mol. The van der Waals surface area contributed by atoms with Gasteiger partial charge >= 0.3 is 0 Å². The molecular formula is C102H79BN4S2. The first-order valence-corrected chi connectivity index (χ1v) is 40.0. The number of nitrogens with zero attached hydrogens (tertiary/aromatic N) is 4. The number of para-hydroxylation sites is 6. The normalized spacial score (nSPS) is 13.1. The predicted molar refractivity (Wildman–Crippen MR) is 473 cm³/mol. The summed E-state index contributed by atoms with van der Waals surface area (Å²) in [4.78, 5) is 5.50. The van der Waals surface area contributed by atoms with Gasteiger partial charge in [-0.25, -0.2) is 0 Å². The number of benzene rings is 15. The zero-order valence-electron chi connectivity index (χ0n) is 62.7. The van der Waals surface area contributed by atoms with Crippen molar-refractivity contribution in [1.82, 2.24) is 9.13 Å². The van der Waals surface area contributed by atoms with E-state index in [-0.39, 0.29) is 23.0 Å². The van der Waals surface area contributed by atoms with Gasteiger partial charge in [-0.3, -0.25) is 0 Å². The molecule has 2 aliphatic heterocycles. The summed E-state index contributed by atoms with van der Waals surface area (Å²) in [5, 5.41) is 9.94. The molecule has 522 valence electrons. The van der Waals surface area contributed by atoms with Crippen molar-refractivity contribution in [2.45, 2.75) is 78.6 Å². The van der Waals surface area contributed by atoms with E-state index in [1.807, 2.05) is 22.7 Å². The second-order valence-electron chi connectivity index (χ2n) is 33.2. The highest BCUT2D eigenvalue weighted by Gasteiger charge is 2.47. The molecule has 19 aromatic rings. The molecule has 4 nitrogen and oxygen atoms in total. The van der Waals surface area contributed by atoms with Crippen molar-refractivity contribution in [1.29, 1.82) is 0 Å². The molecule has 0 N–H and O–H groups in total. The van der Waals surface area contributed by atoms with Crippen LogP contribution in [0.1, 0.15) is 79.0 Å². The number of hydrogen-bond acceptors (Lipinski definition) is 4. The Balaban J connectivity index is 0.945. The third-order valence-corrected chi connectivity index (χ3v) is 25.8. The summed E-state index contributed by atoms with van der Waals surface area (Å²) in [6, 6.07) is 121. The average Bonchev–Trinajstić information content (AvgIpc) is 1.25. The molecule has 0 bridgehead atoms. The van der Waals surface area contributed by atoms with E-state index in [1.54, 1.807) is 0 Å². The lowest BCUT2D eigenvalue weighted by Crippen LogP contribution is -2.61. The SMILES string of the molecule is CC(C)(C)c1cc(-c2ccc3c(c2)N(c2c(-c4ccc5sc6ccccc6c5c4)cccc2-n2c4ccccc4c4ccccc42)c2cc(C(C)(C)C)cc4c2B3c2cc(-c3ccccc3)ccc2N4c2c(-c3ccc4sc5ccccc5c4c3)cccc2-n2c3ccccc3c3ccccc32)cc(C(C)(C)C)c1. The summed E-state index contributed by atoms with van der Waals surface area (Å²) < 4.78 is 10.3.